The quantitative estimate of drug-likeness (QED) is 0.367. The monoisotopic (exact) mass is 702 g/mol. The summed E-state index contributed by atoms with van der Waals surface area (Å²) < 4.78 is 65.5. The number of imidazole rings is 1. The van der Waals surface area contributed by atoms with Crippen LogP contribution < -0.4 is 0 Å². The number of likely N-dealkylation sites (N-methyl/N-ethyl adjacent to an activating group) is 1. The first-order valence-corrected chi connectivity index (χ1v) is 15.0. The molecule has 2 N–H and O–H groups in total. The van der Waals surface area contributed by atoms with Gasteiger partial charge in [-0.2, -0.15) is 26.3 Å². The maximum absolute atomic E-state index is 13.6. The Kier molecular flexibility index (Phi) is 13.1. The molecule has 0 saturated carbocycles. The summed E-state index contributed by atoms with van der Waals surface area (Å²) in [5, 5.41) is 14.2. The Morgan fingerprint density at radius 1 is 0.816 bits per heavy atom. The van der Waals surface area contributed by atoms with E-state index in [-0.39, 0.29) is 17.9 Å². The van der Waals surface area contributed by atoms with Crippen molar-refractivity contribution in [3.63, 3.8) is 0 Å². The zero-order chi connectivity index (χ0) is 36.5. The third-order valence-electron chi connectivity index (χ3n) is 7.62. The molecule has 2 aliphatic rings. The van der Waals surface area contributed by atoms with Crippen LogP contribution in [0.5, 0.6) is 0 Å². The molecule has 2 aromatic heterocycles. The Hall–Kier alpha value is -4.71. The van der Waals surface area contributed by atoms with Gasteiger partial charge in [0.1, 0.15) is 5.82 Å². The van der Waals surface area contributed by atoms with E-state index in [2.05, 4.69) is 23.9 Å². The molecule has 2 aliphatic heterocycles. The zero-order valence-electron chi connectivity index (χ0n) is 26.6. The first-order valence-electron chi connectivity index (χ1n) is 15.0. The SMILES string of the molecule is CN(C)CCN1CCN(C(=O)c2nc(C3CCCN3C(=O)c3ccccc3)n3ccccc23)CC1.O=C(O)C(F)(F)F.O=C(O)C(F)(F)F. The van der Waals surface area contributed by atoms with Crippen LogP contribution in [0.1, 0.15) is 45.6 Å². The van der Waals surface area contributed by atoms with E-state index < -0.39 is 24.3 Å². The lowest BCUT2D eigenvalue weighted by molar-refractivity contribution is -0.193. The lowest BCUT2D eigenvalue weighted by atomic mass is 10.1. The fourth-order valence-corrected chi connectivity index (χ4v) is 5.14. The number of aliphatic carboxylic acids is 2. The average Bonchev–Trinajstić information content (AvgIpc) is 3.69. The van der Waals surface area contributed by atoms with Crippen LogP contribution in [0.2, 0.25) is 0 Å². The van der Waals surface area contributed by atoms with E-state index in [1.54, 1.807) is 0 Å². The number of rotatable bonds is 6. The number of nitrogens with zero attached hydrogens (tertiary/aromatic N) is 6. The molecule has 1 atom stereocenters. The number of carbonyl (C=O) groups excluding carboxylic acids is 2. The van der Waals surface area contributed by atoms with E-state index in [1.807, 2.05) is 68.9 Å². The number of hydrogen-bond donors (Lipinski definition) is 2. The number of carboxylic acid groups (broad SMARTS) is 2. The molecule has 0 bridgehead atoms. The number of piperazine rings is 1. The van der Waals surface area contributed by atoms with Crippen LogP contribution in [0.25, 0.3) is 5.52 Å². The molecule has 0 radical (unpaired) electrons. The molecular weight excluding hydrogens is 666 g/mol. The van der Waals surface area contributed by atoms with E-state index in [1.165, 1.54) is 0 Å². The molecule has 3 aromatic rings. The minimum absolute atomic E-state index is 0.0162. The van der Waals surface area contributed by atoms with Crippen molar-refractivity contribution in [2.75, 3.05) is 59.9 Å². The summed E-state index contributed by atoms with van der Waals surface area (Å²) in [6, 6.07) is 15.1. The van der Waals surface area contributed by atoms with Crippen LogP contribution in [0.15, 0.2) is 54.7 Å². The summed E-state index contributed by atoms with van der Waals surface area (Å²) in [5.41, 5.74) is 1.98. The predicted molar refractivity (Wildman–Crippen MR) is 163 cm³/mol. The molecule has 2 amide bonds. The van der Waals surface area contributed by atoms with Gasteiger partial charge in [-0.15, -0.1) is 0 Å². The van der Waals surface area contributed by atoms with Crippen molar-refractivity contribution in [3.05, 3.63) is 71.8 Å². The van der Waals surface area contributed by atoms with Crippen molar-refractivity contribution in [3.8, 4) is 0 Å². The number of pyridine rings is 1. The normalized spacial score (nSPS) is 16.9. The van der Waals surface area contributed by atoms with Gasteiger partial charge in [0, 0.05) is 57.6 Å². The van der Waals surface area contributed by atoms with E-state index in [0.29, 0.717) is 30.9 Å². The van der Waals surface area contributed by atoms with Gasteiger partial charge in [0.2, 0.25) is 0 Å². The molecule has 1 unspecified atom stereocenters. The minimum Gasteiger partial charge on any atom is -0.475 e. The summed E-state index contributed by atoms with van der Waals surface area (Å²) in [7, 11) is 4.17. The molecule has 2 fully saturated rings. The summed E-state index contributed by atoms with van der Waals surface area (Å²) in [5.74, 6) is -4.75. The van der Waals surface area contributed by atoms with Crippen molar-refractivity contribution in [1.82, 2.24) is 29.0 Å². The Morgan fingerprint density at radius 3 is 1.90 bits per heavy atom. The molecule has 268 valence electrons. The van der Waals surface area contributed by atoms with Crippen LogP contribution in [0, 0.1) is 0 Å². The molecule has 5 rings (SSSR count). The second kappa shape index (κ2) is 16.6. The smallest absolute Gasteiger partial charge is 0.475 e. The van der Waals surface area contributed by atoms with Crippen LogP contribution >= 0.6 is 0 Å². The highest BCUT2D eigenvalue weighted by molar-refractivity contribution is 5.99. The summed E-state index contributed by atoms with van der Waals surface area (Å²) >= 11 is 0. The van der Waals surface area contributed by atoms with Gasteiger partial charge in [0.15, 0.2) is 5.69 Å². The number of alkyl halides is 6. The first-order chi connectivity index (χ1) is 22.9. The van der Waals surface area contributed by atoms with Crippen molar-refractivity contribution in [1.29, 1.82) is 0 Å². The minimum atomic E-state index is -5.08. The van der Waals surface area contributed by atoms with Gasteiger partial charge in [0.25, 0.3) is 11.8 Å². The van der Waals surface area contributed by atoms with Gasteiger partial charge in [-0.05, 0) is 51.2 Å². The molecule has 0 spiro atoms. The highest BCUT2D eigenvalue weighted by Crippen LogP contribution is 2.34. The van der Waals surface area contributed by atoms with E-state index in [4.69, 9.17) is 24.8 Å². The number of halogens is 6. The van der Waals surface area contributed by atoms with Gasteiger partial charge >= 0.3 is 24.3 Å². The van der Waals surface area contributed by atoms with Gasteiger partial charge in [0.05, 0.1) is 11.6 Å². The number of fused-ring (bicyclic) bond motifs is 1. The zero-order valence-corrected chi connectivity index (χ0v) is 26.6. The molecule has 4 heterocycles. The lowest BCUT2D eigenvalue weighted by Gasteiger charge is -2.34. The average molecular weight is 703 g/mol. The van der Waals surface area contributed by atoms with E-state index in [9.17, 15) is 35.9 Å². The molecule has 2 saturated heterocycles. The highest BCUT2D eigenvalue weighted by Gasteiger charge is 2.39. The first kappa shape index (κ1) is 38.7. The number of likely N-dealkylation sites (tertiary alicyclic amines) is 1. The Balaban J connectivity index is 0.000000392. The Bertz CT molecular complexity index is 1570. The number of benzene rings is 1. The maximum Gasteiger partial charge on any atom is 0.490 e. The van der Waals surface area contributed by atoms with Gasteiger partial charge < -0.3 is 29.3 Å². The van der Waals surface area contributed by atoms with Gasteiger partial charge in [-0.25, -0.2) is 14.6 Å². The second-order valence-corrected chi connectivity index (χ2v) is 11.3. The molecule has 0 aliphatic carbocycles. The summed E-state index contributed by atoms with van der Waals surface area (Å²) in [6.45, 7) is 5.88. The fourth-order valence-electron chi connectivity index (χ4n) is 5.14. The number of hydrogen-bond acceptors (Lipinski definition) is 7. The molecule has 49 heavy (non-hydrogen) atoms. The number of amides is 2. The summed E-state index contributed by atoms with van der Waals surface area (Å²) in [4.78, 5) is 58.0. The van der Waals surface area contributed by atoms with Crippen molar-refractivity contribution in [2.45, 2.75) is 31.2 Å². The van der Waals surface area contributed by atoms with Crippen molar-refractivity contribution >= 4 is 29.3 Å². The Labute approximate surface area is 277 Å². The third kappa shape index (κ3) is 10.6. The number of carboxylic acids is 2. The number of carbonyl (C=O) groups is 4. The van der Waals surface area contributed by atoms with Crippen LogP contribution in [-0.2, 0) is 9.59 Å². The second-order valence-electron chi connectivity index (χ2n) is 11.3. The maximum atomic E-state index is 13.6. The lowest BCUT2D eigenvalue weighted by Crippen LogP contribution is -2.50. The molecule has 1 aromatic carbocycles. The third-order valence-corrected chi connectivity index (χ3v) is 7.62. The largest absolute Gasteiger partial charge is 0.490 e. The topological polar surface area (TPSA) is 139 Å². The molecular formula is C31H36F6N6O6. The van der Waals surface area contributed by atoms with E-state index in [0.717, 1.165) is 50.4 Å². The van der Waals surface area contributed by atoms with Crippen molar-refractivity contribution in [2.24, 2.45) is 0 Å². The Morgan fingerprint density at radius 2 is 1.37 bits per heavy atom. The van der Waals surface area contributed by atoms with Crippen LogP contribution in [0.3, 0.4) is 0 Å². The summed E-state index contributed by atoms with van der Waals surface area (Å²) in [6.07, 6.45) is -6.45. The van der Waals surface area contributed by atoms with Gasteiger partial charge in [-0.3, -0.25) is 14.5 Å². The van der Waals surface area contributed by atoms with Crippen molar-refractivity contribution < 1.29 is 55.7 Å². The van der Waals surface area contributed by atoms with Gasteiger partial charge in [-0.1, -0.05) is 24.3 Å². The molecule has 18 heteroatoms. The highest BCUT2D eigenvalue weighted by atomic mass is 19.4. The van der Waals surface area contributed by atoms with Crippen LogP contribution in [0.4, 0.5) is 26.3 Å². The molecule has 12 nitrogen and oxygen atoms in total. The fraction of sp³-hybridized carbons (Fsp3) is 0.452. The van der Waals surface area contributed by atoms with E-state index >= 15 is 0 Å². The predicted octanol–water partition coefficient (Wildman–Crippen LogP) is 3.90. The standard InChI is InChI=1S/C27H34N6O2.2C2HF3O2/c1-29(2)15-16-30-17-19-31(20-18-30)27(35)24-22-11-6-7-13-32(22)25(28-24)23-12-8-14-33(23)26(34)21-9-4-3-5-10-21;2*3-2(4,5)1(6)7/h3-7,9-11,13,23H,8,12,14-20H2,1-2H3;2*(H,6,7). The number of aromatic nitrogens is 2. The van der Waals surface area contributed by atoms with Crippen LogP contribution in [-0.4, -0.2) is 135 Å².